The molecule has 0 radical (unpaired) electrons. The summed E-state index contributed by atoms with van der Waals surface area (Å²) in [5.41, 5.74) is 6.28. The Morgan fingerprint density at radius 2 is 1.14 bits per heavy atom. The lowest BCUT2D eigenvalue weighted by atomic mass is 9.91. The zero-order valence-corrected chi connectivity index (χ0v) is 35.9. The third-order valence-electron chi connectivity index (χ3n) is 13.5. The average Bonchev–Trinajstić information content (AvgIpc) is 3.92. The quantitative estimate of drug-likeness (QED) is 0.170. The Kier molecular flexibility index (Phi) is 13.6. The highest BCUT2D eigenvalue weighted by atomic mass is 19.1. The molecule has 0 saturated carbocycles. The number of hydrogen-bond donors (Lipinski definition) is 1. The molecule has 1 unspecified atom stereocenters. The summed E-state index contributed by atoms with van der Waals surface area (Å²) in [5.74, 6) is 1.46. The molecule has 4 aliphatic heterocycles. The van der Waals surface area contributed by atoms with E-state index >= 15 is 0 Å². The predicted octanol–water partition coefficient (Wildman–Crippen LogP) is 6.74. The van der Waals surface area contributed by atoms with Crippen molar-refractivity contribution >= 4 is 21.9 Å². The number of fused-ring (bicyclic) bond motifs is 4. The minimum absolute atomic E-state index is 0.00237. The fraction of sp³-hybridized carbons (Fsp3) is 0.522. The molecule has 10 rings (SSSR count). The molecule has 63 heavy (non-hydrogen) atoms. The van der Waals surface area contributed by atoms with Crippen molar-refractivity contribution in [2.75, 3.05) is 39.3 Å². The number of piperidine rings is 2. The highest BCUT2D eigenvalue weighted by Crippen LogP contribution is 2.34. The lowest BCUT2D eigenvalue weighted by molar-refractivity contribution is 0.129. The minimum atomic E-state index is -0.641. The highest BCUT2D eigenvalue weighted by molar-refractivity contribution is 5.80. The minimum Gasteiger partial charge on any atom is -0.385 e. The molecule has 2 saturated heterocycles. The van der Waals surface area contributed by atoms with Crippen LogP contribution in [-0.2, 0) is 32.4 Å². The van der Waals surface area contributed by atoms with Crippen molar-refractivity contribution in [3.05, 3.63) is 124 Å². The molecule has 0 amide bonds. The van der Waals surface area contributed by atoms with Crippen LogP contribution in [0.3, 0.4) is 0 Å². The molecule has 2 aromatic carbocycles. The lowest BCUT2D eigenvalue weighted by Gasteiger charge is -2.31. The maximum Gasteiger partial charge on any atom is 0.257 e. The van der Waals surface area contributed by atoms with Crippen LogP contribution in [0, 0.1) is 35.4 Å². The number of aliphatic hydroxyl groups is 1. The molecule has 4 aromatic heterocycles. The van der Waals surface area contributed by atoms with Crippen LogP contribution >= 0.6 is 0 Å². The first-order chi connectivity index (χ1) is 30.6. The molecule has 2 fully saturated rings. The van der Waals surface area contributed by atoms with Crippen LogP contribution in [-0.4, -0.2) is 83.6 Å². The predicted molar refractivity (Wildman–Crippen MR) is 233 cm³/mol. The molecule has 334 valence electrons. The number of benzene rings is 2. The maximum absolute atomic E-state index is 13.4. The fourth-order valence-electron chi connectivity index (χ4n) is 9.92. The highest BCUT2D eigenvalue weighted by Gasteiger charge is 2.28. The number of nitrogens with zero attached hydrogens (tertiary/aromatic N) is 8. The fourth-order valence-corrected chi connectivity index (χ4v) is 9.92. The van der Waals surface area contributed by atoms with Gasteiger partial charge in [0.2, 0.25) is 0 Å². The van der Waals surface area contributed by atoms with Gasteiger partial charge >= 0.3 is 0 Å². The number of likely N-dealkylation sites (tertiary alicyclic amines) is 2. The Bertz CT molecular complexity index is 2680. The first-order valence-corrected chi connectivity index (χ1v) is 22.2. The maximum atomic E-state index is 13.4. The summed E-state index contributed by atoms with van der Waals surface area (Å²) < 4.78 is 41.0. The Morgan fingerprint density at radius 1 is 0.651 bits per heavy atom. The van der Waals surface area contributed by atoms with E-state index in [0.717, 1.165) is 154 Å². The number of aliphatic hydroxyl groups excluding tert-OH is 1. The van der Waals surface area contributed by atoms with E-state index in [9.17, 15) is 23.5 Å². The zero-order valence-electron chi connectivity index (χ0n) is 35.9. The molecule has 0 bridgehead atoms. The Morgan fingerprint density at radius 3 is 1.68 bits per heavy atom. The normalized spacial score (nSPS) is 18.7. The van der Waals surface area contributed by atoms with E-state index in [1.807, 2.05) is 18.4 Å². The zero-order chi connectivity index (χ0) is 44.2. The van der Waals surface area contributed by atoms with E-state index in [1.54, 1.807) is 16.7 Å². The van der Waals surface area contributed by atoms with E-state index in [4.69, 9.17) is 24.0 Å². The van der Waals surface area contributed by atoms with Crippen molar-refractivity contribution in [2.45, 2.75) is 116 Å². The second kappa shape index (κ2) is 19.5. The summed E-state index contributed by atoms with van der Waals surface area (Å²) in [7, 11) is 0. The molecular weight excluding hydrogens is 815 g/mol. The van der Waals surface area contributed by atoms with Crippen molar-refractivity contribution in [1.29, 1.82) is 0 Å². The Labute approximate surface area is 362 Å². The van der Waals surface area contributed by atoms with Crippen LogP contribution in [0.4, 0.5) is 8.78 Å². The number of halogens is 2. The summed E-state index contributed by atoms with van der Waals surface area (Å²) in [6.45, 7) is 10.7. The lowest BCUT2D eigenvalue weighted by Crippen LogP contribution is -2.37. The van der Waals surface area contributed by atoms with E-state index < -0.39 is 6.10 Å². The first-order valence-electron chi connectivity index (χ1n) is 22.2. The first kappa shape index (κ1) is 44.1. The van der Waals surface area contributed by atoms with Gasteiger partial charge in [0, 0.05) is 99.8 Å². The van der Waals surface area contributed by atoms with Crippen molar-refractivity contribution in [3.8, 4) is 0 Å². The largest absolute Gasteiger partial charge is 0.385 e. The topological polar surface area (TPSA) is 183 Å². The van der Waals surface area contributed by atoms with Crippen molar-refractivity contribution in [1.82, 2.24) is 39.2 Å². The molecule has 1 N–H and O–H groups in total. The number of rotatable bonds is 8. The molecule has 17 heteroatoms. The average molecular weight is 869 g/mol. The van der Waals surface area contributed by atoms with Gasteiger partial charge in [0.05, 0.1) is 11.4 Å². The van der Waals surface area contributed by atoms with E-state index in [-0.39, 0.29) is 22.8 Å². The number of aromatic nitrogens is 6. The van der Waals surface area contributed by atoms with Gasteiger partial charge in [-0.1, -0.05) is 10.3 Å². The van der Waals surface area contributed by atoms with Crippen molar-refractivity contribution in [2.24, 2.45) is 0 Å². The second-order valence-corrected chi connectivity index (χ2v) is 17.3. The van der Waals surface area contributed by atoms with Crippen LogP contribution < -0.4 is 11.1 Å². The molecule has 8 heterocycles. The SMILES string of the molecule is Cc1nc2n(c(=O)c1CCN1CCC(c3noc4cc(F)ccc34)CC1)CCCC2.Cc1nc2n(c(=O)c1CCN1CCC(c3noc4cc(F)ccc34)CC1)CCCC2O.O=O. The van der Waals surface area contributed by atoms with Crippen molar-refractivity contribution in [3.63, 3.8) is 0 Å². The molecule has 1 atom stereocenters. The third-order valence-corrected chi connectivity index (χ3v) is 13.5. The van der Waals surface area contributed by atoms with Gasteiger partial charge in [-0.3, -0.25) is 18.7 Å². The molecule has 4 aliphatic rings. The van der Waals surface area contributed by atoms with Gasteiger partial charge in [-0.05, 0) is 129 Å². The Hall–Kier alpha value is -5.52. The van der Waals surface area contributed by atoms with E-state index in [0.29, 0.717) is 48.2 Å². The smallest absolute Gasteiger partial charge is 0.257 e. The molecule has 0 aliphatic carbocycles. The van der Waals surface area contributed by atoms with Crippen molar-refractivity contribution < 1.29 is 22.9 Å². The summed E-state index contributed by atoms with van der Waals surface area (Å²) >= 11 is 0. The van der Waals surface area contributed by atoms with Crippen LogP contribution in [0.5, 0.6) is 0 Å². The monoisotopic (exact) mass is 868 g/mol. The van der Waals surface area contributed by atoms with Gasteiger partial charge in [0.25, 0.3) is 11.1 Å². The summed E-state index contributed by atoms with van der Waals surface area (Å²) in [5, 5.41) is 20.4. The van der Waals surface area contributed by atoms with Gasteiger partial charge in [-0.2, -0.15) is 0 Å². The molecule has 6 aromatic rings. The number of hydrogen-bond acceptors (Lipinski definition) is 13. The van der Waals surface area contributed by atoms with Gasteiger partial charge in [0.15, 0.2) is 11.2 Å². The van der Waals surface area contributed by atoms with Gasteiger partial charge < -0.3 is 24.0 Å². The van der Waals surface area contributed by atoms with Crippen LogP contribution in [0.2, 0.25) is 0 Å². The van der Waals surface area contributed by atoms with Crippen LogP contribution in [0.15, 0.2) is 55.0 Å². The van der Waals surface area contributed by atoms with Gasteiger partial charge in [-0.25, -0.2) is 18.7 Å². The van der Waals surface area contributed by atoms with E-state index in [2.05, 4.69) is 25.1 Å². The van der Waals surface area contributed by atoms with Crippen LogP contribution in [0.1, 0.15) is 115 Å². The third kappa shape index (κ3) is 9.41. The standard InChI is InChI=1S/C23H27FN4O3.C23H27FN4O2.O2/c1-14-17(23(30)28-9-2-3-19(29)22(28)25-14)8-12-27-10-6-15(7-11-27)21-18-5-4-16(24)13-20(18)31-26-21;1-15-18(23(29)28-10-3-2-4-21(28)25-15)9-13-27-11-7-16(8-12-27)22-19-6-5-17(24)14-20(19)30-26-22;1-2/h4-5,13,15,19,29H,2-3,6-12H2,1H3;5-6,14,16H,2-4,7-13H2,1H3;. The second-order valence-electron chi connectivity index (χ2n) is 17.3. The molecule has 15 nitrogen and oxygen atoms in total. The van der Waals surface area contributed by atoms with Crippen LogP contribution in [0.25, 0.3) is 21.9 Å². The van der Waals surface area contributed by atoms with E-state index in [1.165, 1.54) is 24.3 Å². The number of aryl methyl sites for hydroxylation is 3. The Balaban J connectivity index is 0.000000166. The summed E-state index contributed by atoms with van der Waals surface area (Å²) in [4.78, 5) is 53.9. The molecular formula is C46H54F2N8O7. The van der Waals surface area contributed by atoms with Gasteiger partial charge in [-0.15, -0.1) is 0 Å². The molecule has 0 spiro atoms. The summed E-state index contributed by atoms with van der Waals surface area (Å²) in [6, 6.07) is 9.21. The van der Waals surface area contributed by atoms with Gasteiger partial charge in [0.1, 0.15) is 29.4 Å². The summed E-state index contributed by atoms with van der Waals surface area (Å²) in [6.07, 6.45) is 9.19.